The zero-order valence-corrected chi connectivity index (χ0v) is 16.3. The quantitative estimate of drug-likeness (QED) is 0.445. The van der Waals surface area contributed by atoms with Gasteiger partial charge < -0.3 is 5.32 Å². The number of hydroxylamine groups is 2. The number of hydrogen-bond acceptors (Lipinski definition) is 4. The highest BCUT2D eigenvalue weighted by atomic mass is 31.1. The molecule has 0 spiro atoms. The summed E-state index contributed by atoms with van der Waals surface area (Å²) in [5.74, 6) is 2.05. The third-order valence-corrected chi connectivity index (χ3v) is 4.70. The average molecular weight is 361 g/mol. The molecular weight excluding hydrogens is 333 g/mol. The fourth-order valence-corrected chi connectivity index (χ4v) is 3.45. The van der Waals surface area contributed by atoms with Crippen molar-refractivity contribution in [2.75, 3.05) is 19.3 Å². The van der Waals surface area contributed by atoms with E-state index in [0.717, 1.165) is 44.6 Å². The molecule has 2 aliphatic rings. The molecule has 1 atom stereocenters. The average Bonchev–Trinajstić information content (AvgIpc) is 2.62. The van der Waals surface area contributed by atoms with Gasteiger partial charge >= 0.3 is 0 Å². The highest BCUT2D eigenvalue weighted by molar-refractivity contribution is 7.42. The van der Waals surface area contributed by atoms with Gasteiger partial charge in [0.15, 0.2) is 5.84 Å². The minimum absolute atomic E-state index is 0.323. The predicted molar refractivity (Wildman–Crippen MR) is 107 cm³/mol. The molecule has 25 heavy (non-hydrogen) atoms. The summed E-state index contributed by atoms with van der Waals surface area (Å²) >= 11 is 0. The smallest absolute Gasteiger partial charge is 0.278 e. The van der Waals surface area contributed by atoms with Crippen LogP contribution in [-0.4, -0.2) is 41.3 Å². The summed E-state index contributed by atoms with van der Waals surface area (Å²) < 4.78 is 0. The fourth-order valence-electron chi connectivity index (χ4n) is 2.55. The Kier molecular flexibility index (Phi) is 9.11. The van der Waals surface area contributed by atoms with Gasteiger partial charge in [-0.1, -0.05) is 37.7 Å². The second-order valence-corrected chi connectivity index (χ2v) is 6.72. The number of amidine groups is 1. The highest BCUT2D eigenvalue weighted by Crippen LogP contribution is 2.24. The topological polar surface area (TPSA) is 64.9 Å². The van der Waals surface area contributed by atoms with Crippen LogP contribution in [0.5, 0.6) is 0 Å². The minimum Gasteiger partial charge on any atom is -0.384 e. The maximum absolute atomic E-state index is 12.0. The van der Waals surface area contributed by atoms with Crippen LogP contribution < -0.4 is 5.32 Å². The van der Waals surface area contributed by atoms with E-state index in [1.54, 1.807) is 0 Å². The maximum Gasteiger partial charge on any atom is 0.278 e. The number of nitrogens with one attached hydrogen (secondary N) is 1. The largest absolute Gasteiger partial charge is 0.384 e. The molecule has 1 amide bonds. The van der Waals surface area contributed by atoms with E-state index < -0.39 is 5.91 Å². The third kappa shape index (κ3) is 5.80. The Hall–Kier alpha value is -1.97. The number of hydrogen-bond donors (Lipinski definition) is 2. The molecule has 0 aromatic rings. The molecule has 0 aromatic heterocycles. The zero-order valence-electron chi connectivity index (χ0n) is 15.3. The molecule has 136 valence electrons. The highest BCUT2D eigenvalue weighted by Gasteiger charge is 2.28. The van der Waals surface area contributed by atoms with Crippen LogP contribution in [0.15, 0.2) is 64.6 Å². The summed E-state index contributed by atoms with van der Waals surface area (Å²) in [4.78, 5) is 16.2. The van der Waals surface area contributed by atoms with E-state index in [1.165, 1.54) is 11.6 Å². The van der Waals surface area contributed by atoms with Crippen LogP contribution in [0, 0.1) is 0 Å². The lowest BCUT2D eigenvalue weighted by molar-refractivity contribution is -0.143. The molecule has 2 rings (SSSR count). The fraction of sp³-hybridized carbons (Fsp3) is 0.368. The van der Waals surface area contributed by atoms with Crippen LogP contribution in [0.4, 0.5) is 0 Å². The van der Waals surface area contributed by atoms with Crippen LogP contribution in [0.25, 0.3) is 0 Å². The standard InChI is InChI=1S/C17H24N3O2P.C2H4/c1-4-18-17-16(12(2)3)14(10-15(21)20(17)22)19-8-7-13-6-5-9-23-11-13;1-2/h5-6,9-10,19,22-23H,4,7-8,11H2,1-3H3;1-2H2. The summed E-state index contributed by atoms with van der Waals surface area (Å²) in [6.07, 6.45) is 7.78. The molecule has 0 aromatic carbocycles. The van der Waals surface area contributed by atoms with Crippen molar-refractivity contribution in [2.45, 2.75) is 27.2 Å². The Labute approximate surface area is 152 Å². The lowest BCUT2D eigenvalue weighted by Crippen LogP contribution is -2.41. The second kappa shape index (κ2) is 10.8. The van der Waals surface area contributed by atoms with Crippen LogP contribution in [0.1, 0.15) is 27.2 Å². The molecule has 2 heterocycles. The molecule has 2 N–H and O–H groups in total. The van der Waals surface area contributed by atoms with Crippen molar-refractivity contribution in [1.82, 2.24) is 10.4 Å². The molecule has 0 bridgehead atoms. The van der Waals surface area contributed by atoms with Crippen LogP contribution in [0.2, 0.25) is 0 Å². The van der Waals surface area contributed by atoms with E-state index in [2.05, 4.69) is 41.4 Å². The summed E-state index contributed by atoms with van der Waals surface area (Å²) in [6, 6.07) is 0. The first-order valence-corrected chi connectivity index (χ1v) is 9.62. The Morgan fingerprint density at radius 3 is 2.72 bits per heavy atom. The molecular formula is C19H28N3O2P. The van der Waals surface area contributed by atoms with Gasteiger partial charge in [-0.15, -0.1) is 13.2 Å². The number of carbonyl (C=O) groups excluding carboxylic acids is 1. The van der Waals surface area contributed by atoms with Gasteiger partial charge in [-0.05, 0) is 33.4 Å². The number of rotatable bonds is 5. The molecule has 0 saturated carbocycles. The normalized spacial score (nSPS) is 19.4. The monoisotopic (exact) mass is 361 g/mol. The predicted octanol–water partition coefficient (Wildman–Crippen LogP) is 3.77. The van der Waals surface area contributed by atoms with Crippen molar-refractivity contribution >= 4 is 20.3 Å². The van der Waals surface area contributed by atoms with Gasteiger partial charge in [0.05, 0.1) is 5.70 Å². The van der Waals surface area contributed by atoms with Crippen molar-refractivity contribution < 1.29 is 10.0 Å². The minimum atomic E-state index is -0.467. The molecule has 0 saturated heterocycles. The molecule has 5 nitrogen and oxygen atoms in total. The summed E-state index contributed by atoms with van der Waals surface area (Å²) in [5.41, 5.74) is 3.96. The van der Waals surface area contributed by atoms with Gasteiger partial charge in [-0.3, -0.25) is 15.0 Å². The Bertz CT molecular complexity index is 641. The Morgan fingerprint density at radius 2 is 2.16 bits per heavy atom. The Balaban J connectivity index is 0.00000151. The number of allylic oxidation sites excluding steroid dienone is 3. The first-order valence-electron chi connectivity index (χ1n) is 8.33. The first-order chi connectivity index (χ1) is 12.0. The SMILES string of the molecule is C=C.CCN=C1C(=C(C)C)C(NCCC2=CC=CPC2)=CC(=O)N1O. The number of nitrogens with zero attached hydrogens (tertiary/aromatic N) is 2. The maximum atomic E-state index is 12.0. The number of carbonyl (C=O) groups is 1. The van der Waals surface area contributed by atoms with Gasteiger partial charge in [-0.25, -0.2) is 0 Å². The van der Waals surface area contributed by atoms with Gasteiger partial charge in [0, 0.05) is 24.7 Å². The number of aliphatic imine (C=N–C) groups is 1. The van der Waals surface area contributed by atoms with E-state index in [1.807, 2.05) is 20.8 Å². The molecule has 6 heteroatoms. The third-order valence-electron chi connectivity index (χ3n) is 3.61. The second-order valence-electron chi connectivity index (χ2n) is 5.62. The first kappa shape index (κ1) is 21.1. The van der Waals surface area contributed by atoms with Crippen LogP contribution >= 0.6 is 8.58 Å². The van der Waals surface area contributed by atoms with Gasteiger partial charge in [-0.2, -0.15) is 5.06 Å². The zero-order chi connectivity index (χ0) is 18.8. The Morgan fingerprint density at radius 1 is 1.44 bits per heavy atom. The summed E-state index contributed by atoms with van der Waals surface area (Å²) in [7, 11) is 0.865. The van der Waals surface area contributed by atoms with E-state index >= 15 is 0 Å². The molecule has 0 fully saturated rings. The summed E-state index contributed by atoms with van der Waals surface area (Å²) in [6.45, 7) is 13.0. The van der Waals surface area contributed by atoms with Crippen molar-refractivity contribution in [2.24, 2.45) is 4.99 Å². The van der Waals surface area contributed by atoms with Crippen molar-refractivity contribution in [1.29, 1.82) is 0 Å². The molecule has 2 aliphatic heterocycles. The van der Waals surface area contributed by atoms with Gasteiger partial charge in [0.2, 0.25) is 0 Å². The van der Waals surface area contributed by atoms with E-state index in [9.17, 15) is 10.0 Å². The van der Waals surface area contributed by atoms with Crippen molar-refractivity contribution in [3.8, 4) is 0 Å². The lowest BCUT2D eigenvalue weighted by Gasteiger charge is -2.27. The van der Waals surface area contributed by atoms with Crippen LogP contribution in [-0.2, 0) is 4.79 Å². The summed E-state index contributed by atoms with van der Waals surface area (Å²) in [5, 5.41) is 13.9. The van der Waals surface area contributed by atoms with Crippen molar-refractivity contribution in [3.63, 3.8) is 0 Å². The van der Waals surface area contributed by atoms with Crippen molar-refractivity contribution in [3.05, 3.63) is 59.6 Å². The van der Waals surface area contributed by atoms with E-state index in [0.29, 0.717) is 17.4 Å². The lowest BCUT2D eigenvalue weighted by atomic mass is 10.0. The van der Waals surface area contributed by atoms with E-state index in [-0.39, 0.29) is 0 Å². The van der Waals surface area contributed by atoms with E-state index in [4.69, 9.17) is 0 Å². The van der Waals surface area contributed by atoms with Gasteiger partial charge in [0.25, 0.3) is 5.91 Å². The van der Waals surface area contributed by atoms with Gasteiger partial charge in [0.1, 0.15) is 0 Å². The number of amides is 1. The molecule has 1 unspecified atom stereocenters. The van der Waals surface area contributed by atoms with Crippen LogP contribution in [0.3, 0.4) is 0 Å². The molecule has 0 radical (unpaired) electrons. The molecule has 0 aliphatic carbocycles.